The Balaban J connectivity index is 3.12. The van der Waals surface area contributed by atoms with Gasteiger partial charge >= 0.3 is 0 Å². The quantitative estimate of drug-likeness (QED) is 0.526. The van der Waals surface area contributed by atoms with Crippen molar-refractivity contribution in [2.75, 3.05) is 13.1 Å². The summed E-state index contributed by atoms with van der Waals surface area (Å²) in [6.07, 6.45) is 10.5. The molecule has 2 N–H and O–H groups in total. The minimum atomic E-state index is 0.117. The van der Waals surface area contributed by atoms with Gasteiger partial charge in [-0.15, -0.1) is 0 Å². The largest absolute Gasteiger partial charge is 0.355 e. The molecule has 3 nitrogen and oxygen atoms in total. The summed E-state index contributed by atoms with van der Waals surface area (Å²) in [5.41, 5.74) is 0. The van der Waals surface area contributed by atoms with Crippen molar-refractivity contribution >= 4 is 5.91 Å². The standard InChI is InChI=1S/C15H32N2O/c1-4-5-6-7-8-9-10-11-12-16-15(18)13-17-14(2)3/h14,17H,4-13H2,1-3H3,(H,16,18). The van der Waals surface area contributed by atoms with E-state index in [1.165, 1.54) is 44.9 Å². The summed E-state index contributed by atoms with van der Waals surface area (Å²) >= 11 is 0. The van der Waals surface area contributed by atoms with Crippen LogP contribution in [0.25, 0.3) is 0 Å². The fourth-order valence-corrected chi connectivity index (χ4v) is 1.85. The maximum Gasteiger partial charge on any atom is 0.233 e. The highest BCUT2D eigenvalue weighted by molar-refractivity contribution is 5.77. The van der Waals surface area contributed by atoms with E-state index < -0.39 is 0 Å². The third-order valence-electron chi connectivity index (χ3n) is 3.02. The Hall–Kier alpha value is -0.570. The van der Waals surface area contributed by atoms with E-state index in [1.54, 1.807) is 0 Å². The van der Waals surface area contributed by atoms with Crippen molar-refractivity contribution in [3.05, 3.63) is 0 Å². The number of nitrogens with one attached hydrogen (secondary N) is 2. The summed E-state index contributed by atoms with van der Waals surface area (Å²) in [4.78, 5) is 11.4. The maximum atomic E-state index is 11.4. The van der Waals surface area contributed by atoms with Gasteiger partial charge < -0.3 is 10.6 Å². The second kappa shape index (κ2) is 12.9. The molecular formula is C15H32N2O. The van der Waals surface area contributed by atoms with E-state index in [0.29, 0.717) is 12.6 Å². The summed E-state index contributed by atoms with van der Waals surface area (Å²) in [5, 5.41) is 6.06. The SMILES string of the molecule is CCCCCCCCCCNC(=O)CNC(C)C. The topological polar surface area (TPSA) is 41.1 Å². The zero-order valence-corrected chi connectivity index (χ0v) is 12.6. The van der Waals surface area contributed by atoms with Crippen LogP contribution in [0, 0.1) is 0 Å². The van der Waals surface area contributed by atoms with Gasteiger partial charge in [-0.2, -0.15) is 0 Å². The van der Waals surface area contributed by atoms with Crippen LogP contribution in [0.2, 0.25) is 0 Å². The van der Waals surface area contributed by atoms with Gasteiger partial charge in [-0.25, -0.2) is 0 Å². The van der Waals surface area contributed by atoms with Crippen LogP contribution in [-0.2, 0) is 4.79 Å². The average molecular weight is 256 g/mol. The zero-order valence-electron chi connectivity index (χ0n) is 12.6. The van der Waals surface area contributed by atoms with Crippen LogP contribution in [0.1, 0.15) is 72.1 Å². The first-order chi connectivity index (χ1) is 8.66. The molecule has 0 atom stereocenters. The first-order valence-corrected chi connectivity index (χ1v) is 7.67. The van der Waals surface area contributed by atoms with Crippen LogP contribution in [0.5, 0.6) is 0 Å². The minimum absolute atomic E-state index is 0.117. The van der Waals surface area contributed by atoms with Crippen molar-refractivity contribution in [3.8, 4) is 0 Å². The van der Waals surface area contributed by atoms with E-state index in [4.69, 9.17) is 0 Å². The highest BCUT2D eigenvalue weighted by Crippen LogP contribution is 2.07. The predicted molar refractivity (Wildman–Crippen MR) is 78.8 cm³/mol. The molecule has 0 radical (unpaired) electrons. The molecule has 3 heteroatoms. The fraction of sp³-hybridized carbons (Fsp3) is 0.933. The zero-order chi connectivity index (χ0) is 13.6. The van der Waals surface area contributed by atoms with Crippen molar-refractivity contribution < 1.29 is 4.79 Å². The molecule has 0 spiro atoms. The molecule has 0 heterocycles. The number of rotatable bonds is 12. The van der Waals surface area contributed by atoms with E-state index in [9.17, 15) is 4.79 Å². The Morgan fingerprint density at radius 3 is 2.06 bits per heavy atom. The predicted octanol–water partition coefficient (Wildman–Crippen LogP) is 3.24. The van der Waals surface area contributed by atoms with E-state index in [-0.39, 0.29) is 5.91 Å². The lowest BCUT2D eigenvalue weighted by atomic mass is 10.1. The van der Waals surface area contributed by atoms with Crippen LogP contribution in [0.3, 0.4) is 0 Å². The summed E-state index contributed by atoms with van der Waals surface area (Å²) in [5.74, 6) is 0.117. The molecule has 0 aromatic carbocycles. The third kappa shape index (κ3) is 13.5. The van der Waals surface area contributed by atoms with E-state index in [0.717, 1.165) is 13.0 Å². The monoisotopic (exact) mass is 256 g/mol. The van der Waals surface area contributed by atoms with Gasteiger partial charge in [-0.05, 0) is 6.42 Å². The average Bonchev–Trinajstić information content (AvgIpc) is 2.34. The van der Waals surface area contributed by atoms with Gasteiger partial charge in [-0.1, -0.05) is 65.7 Å². The maximum absolute atomic E-state index is 11.4. The molecule has 1 amide bonds. The number of amides is 1. The second-order valence-corrected chi connectivity index (χ2v) is 5.36. The first kappa shape index (κ1) is 17.4. The number of hydrogen-bond acceptors (Lipinski definition) is 2. The van der Waals surface area contributed by atoms with Crippen molar-refractivity contribution in [1.82, 2.24) is 10.6 Å². The number of hydrogen-bond donors (Lipinski definition) is 2. The molecule has 0 aliphatic rings. The highest BCUT2D eigenvalue weighted by Gasteiger charge is 2.00. The van der Waals surface area contributed by atoms with Crippen molar-refractivity contribution in [3.63, 3.8) is 0 Å². The number of unbranched alkanes of at least 4 members (excludes halogenated alkanes) is 7. The lowest BCUT2D eigenvalue weighted by Crippen LogP contribution is -2.37. The Kier molecular flexibility index (Phi) is 12.5. The van der Waals surface area contributed by atoms with Crippen LogP contribution in [-0.4, -0.2) is 25.0 Å². The molecule has 0 saturated heterocycles. The smallest absolute Gasteiger partial charge is 0.233 e. The molecule has 0 bridgehead atoms. The summed E-state index contributed by atoms with van der Waals surface area (Å²) in [7, 11) is 0. The molecular weight excluding hydrogens is 224 g/mol. The Morgan fingerprint density at radius 1 is 0.944 bits per heavy atom. The van der Waals surface area contributed by atoms with Gasteiger partial charge in [-0.3, -0.25) is 4.79 Å². The molecule has 0 unspecified atom stereocenters. The van der Waals surface area contributed by atoms with Gasteiger partial charge in [0.15, 0.2) is 0 Å². The van der Waals surface area contributed by atoms with Crippen LogP contribution in [0.15, 0.2) is 0 Å². The van der Waals surface area contributed by atoms with Crippen LogP contribution < -0.4 is 10.6 Å². The van der Waals surface area contributed by atoms with Gasteiger partial charge in [0.1, 0.15) is 0 Å². The van der Waals surface area contributed by atoms with Crippen molar-refractivity contribution in [2.24, 2.45) is 0 Å². The van der Waals surface area contributed by atoms with E-state index in [1.807, 2.05) is 13.8 Å². The lowest BCUT2D eigenvalue weighted by Gasteiger charge is -2.08. The second-order valence-electron chi connectivity index (χ2n) is 5.36. The summed E-state index contributed by atoms with van der Waals surface area (Å²) in [6, 6.07) is 0.374. The van der Waals surface area contributed by atoms with Gasteiger partial charge in [0, 0.05) is 12.6 Å². The molecule has 0 aliphatic carbocycles. The van der Waals surface area contributed by atoms with Crippen LogP contribution >= 0.6 is 0 Å². The molecule has 18 heavy (non-hydrogen) atoms. The molecule has 0 fully saturated rings. The molecule has 0 saturated carbocycles. The van der Waals surface area contributed by atoms with Gasteiger partial charge in [0.2, 0.25) is 5.91 Å². The Labute approximate surface area is 113 Å². The van der Waals surface area contributed by atoms with Crippen LogP contribution in [0.4, 0.5) is 0 Å². The summed E-state index contributed by atoms with van der Waals surface area (Å²) in [6.45, 7) is 7.61. The molecule has 0 aromatic heterocycles. The van der Waals surface area contributed by atoms with E-state index in [2.05, 4.69) is 17.6 Å². The molecule has 0 rings (SSSR count). The Morgan fingerprint density at radius 2 is 1.50 bits per heavy atom. The normalized spacial score (nSPS) is 10.9. The highest BCUT2D eigenvalue weighted by atomic mass is 16.1. The van der Waals surface area contributed by atoms with Crippen molar-refractivity contribution in [1.29, 1.82) is 0 Å². The lowest BCUT2D eigenvalue weighted by molar-refractivity contribution is -0.120. The molecule has 0 aliphatic heterocycles. The molecule has 0 aromatic rings. The Bertz CT molecular complexity index is 193. The summed E-state index contributed by atoms with van der Waals surface area (Å²) < 4.78 is 0. The third-order valence-corrected chi connectivity index (χ3v) is 3.02. The van der Waals surface area contributed by atoms with Gasteiger partial charge in [0.05, 0.1) is 6.54 Å². The van der Waals surface area contributed by atoms with Gasteiger partial charge in [0.25, 0.3) is 0 Å². The fourth-order valence-electron chi connectivity index (χ4n) is 1.85. The van der Waals surface area contributed by atoms with E-state index >= 15 is 0 Å². The number of carbonyl (C=O) groups is 1. The number of carbonyl (C=O) groups excluding carboxylic acids is 1. The molecule has 108 valence electrons. The van der Waals surface area contributed by atoms with Crippen molar-refractivity contribution in [2.45, 2.75) is 78.2 Å². The minimum Gasteiger partial charge on any atom is -0.355 e. The first-order valence-electron chi connectivity index (χ1n) is 7.67.